The number of aliphatic imine (C=N–C) groups is 1. The lowest BCUT2D eigenvalue weighted by Crippen LogP contribution is -2.32. The summed E-state index contributed by atoms with van der Waals surface area (Å²) in [5.74, 6) is 0.528. The summed E-state index contributed by atoms with van der Waals surface area (Å²) >= 11 is 1.71. The Morgan fingerprint density at radius 3 is 2.89 bits per heavy atom. The number of aryl methyl sites for hydroxylation is 1. The average molecular weight is 268 g/mol. The number of thiazole rings is 1. The van der Waals surface area contributed by atoms with Crippen molar-refractivity contribution in [3.63, 3.8) is 0 Å². The Hall–Kier alpha value is -1.10. The van der Waals surface area contributed by atoms with E-state index >= 15 is 0 Å². The molecule has 0 radical (unpaired) electrons. The molecule has 0 bridgehead atoms. The van der Waals surface area contributed by atoms with E-state index < -0.39 is 0 Å². The van der Waals surface area contributed by atoms with Crippen molar-refractivity contribution in [1.29, 1.82) is 0 Å². The molecule has 0 atom stereocenters. The Bertz CT molecular complexity index is 360. The first-order valence-electron chi connectivity index (χ1n) is 6.73. The van der Waals surface area contributed by atoms with Crippen molar-refractivity contribution in [3.8, 4) is 0 Å². The highest BCUT2D eigenvalue weighted by Gasteiger charge is 1.99. The maximum atomic E-state index is 5.79. The second-order valence-electron chi connectivity index (χ2n) is 4.26. The summed E-state index contributed by atoms with van der Waals surface area (Å²) in [6, 6.07) is 0. The maximum Gasteiger partial charge on any atom is 0.189 e. The SMILES string of the molecule is CCCCCCNC(N)=NCc1ncc(CC)s1. The lowest BCUT2D eigenvalue weighted by atomic mass is 10.2. The van der Waals surface area contributed by atoms with E-state index in [2.05, 4.69) is 29.1 Å². The first-order chi connectivity index (χ1) is 8.76. The summed E-state index contributed by atoms with van der Waals surface area (Å²) in [7, 11) is 0. The summed E-state index contributed by atoms with van der Waals surface area (Å²) in [5, 5.41) is 4.17. The number of aromatic nitrogens is 1. The summed E-state index contributed by atoms with van der Waals surface area (Å²) in [6.07, 6.45) is 7.91. The first-order valence-corrected chi connectivity index (χ1v) is 7.55. The molecule has 0 unspecified atom stereocenters. The fourth-order valence-corrected chi connectivity index (χ4v) is 2.35. The van der Waals surface area contributed by atoms with Crippen LogP contribution in [0.5, 0.6) is 0 Å². The van der Waals surface area contributed by atoms with Crippen LogP contribution in [0.15, 0.2) is 11.2 Å². The van der Waals surface area contributed by atoms with E-state index in [9.17, 15) is 0 Å². The van der Waals surface area contributed by atoms with Gasteiger partial charge in [0.15, 0.2) is 5.96 Å². The topological polar surface area (TPSA) is 63.3 Å². The molecule has 1 rings (SSSR count). The molecule has 1 heterocycles. The van der Waals surface area contributed by atoms with Gasteiger partial charge < -0.3 is 11.1 Å². The molecule has 0 saturated heterocycles. The largest absolute Gasteiger partial charge is 0.370 e. The van der Waals surface area contributed by atoms with Gasteiger partial charge in [0.2, 0.25) is 0 Å². The van der Waals surface area contributed by atoms with Gasteiger partial charge in [-0.1, -0.05) is 33.1 Å². The Morgan fingerprint density at radius 1 is 1.39 bits per heavy atom. The number of nitrogens with two attached hydrogens (primary N) is 1. The summed E-state index contributed by atoms with van der Waals surface area (Å²) < 4.78 is 0. The zero-order valence-corrected chi connectivity index (χ0v) is 12.2. The molecule has 0 fully saturated rings. The number of hydrogen-bond acceptors (Lipinski definition) is 3. The summed E-state index contributed by atoms with van der Waals surface area (Å²) in [6.45, 7) is 5.83. The predicted molar refractivity (Wildman–Crippen MR) is 79.0 cm³/mol. The third-order valence-corrected chi connectivity index (χ3v) is 3.80. The molecular formula is C13H24N4S. The second kappa shape index (κ2) is 8.91. The lowest BCUT2D eigenvalue weighted by molar-refractivity contribution is 0.652. The van der Waals surface area contributed by atoms with E-state index in [1.807, 2.05) is 6.20 Å². The zero-order chi connectivity index (χ0) is 13.2. The van der Waals surface area contributed by atoms with Crippen LogP contribution < -0.4 is 11.1 Å². The van der Waals surface area contributed by atoms with Crippen LogP contribution in [-0.2, 0) is 13.0 Å². The molecule has 0 aromatic carbocycles. The van der Waals surface area contributed by atoms with Crippen LogP contribution in [-0.4, -0.2) is 17.5 Å². The van der Waals surface area contributed by atoms with Gasteiger partial charge in [0.1, 0.15) is 5.01 Å². The normalized spacial score (nSPS) is 11.8. The molecule has 0 aliphatic carbocycles. The fourth-order valence-electron chi connectivity index (χ4n) is 1.56. The lowest BCUT2D eigenvalue weighted by Gasteiger charge is -2.04. The number of unbranched alkanes of at least 4 members (excludes halogenated alkanes) is 3. The molecule has 4 nitrogen and oxygen atoms in total. The molecule has 3 N–H and O–H groups in total. The summed E-state index contributed by atoms with van der Waals surface area (Å²) in [4.78, 5) is 9.90. The first kappa shape index (κ1) is 15.0. The molecule has 5 heteroatoms. The van der Waals surface area contributed by atoms with Gasteiger partial charge in [-0.15, -0.1) is 11.3 Å². The molecule has 1 aromatic heterocycles. The molecule has 0 saturated carbocycles. The molecular weight excluding hydrogens is 244 g/mol. The minimum absolute atomic E-state index is 0.528. The number of hydrogen-bond donors (Lipinski definition) is 2. The Balaban J connectivity index is 2.20. The monoisotopic (exact) mass is 268 g/mol. The molecule has 0 amide bonds. The molecule has 0 aliphatic rings. The van der Waals surface area contributed by atoms with Gasteiger partial charge in [-0.25, -0.2) is 9.98 Å². The van der Waals surface area contributed by atoms with Crippen LogP contribution in [0.2, 0.25) is 0 Å². The van der Waals surface area contributed by atoms with E-state index in [1.165, 1.54) is 24.1 Å². The van der Waals surface area contributed by atoms with E-state index in [-0.39, 0.29) is 0 Å². The molecule has 0 spiro atoms. The van der Waals surface area contributed by atoms with Crippen LogP contribution in [0.4, 0.5) is 0 Å². The van der Waals surface area contributed by atoms with Gasteiger partial charge in [0.05, 0.1) is 6.54 Å². The third kappa shape index (κ3) is 6.00. The highest BCUT2D eigenvalue weighted by molar-refractivity contribution is 7.11. The smallest absolute Gasteiger partial charge is 0.189 e. The van der Waals surface area contributed by atoms with E-state index in [4.69, 9.17) is 5.73 Å². The van der Waals surface area contributed by atoms with Crippen molar-refractivity contribution in [1.82, 2.24) is 10.3 Å². The van der Waals surface area contributed by atoms with Crippen molar-refractivity contribution >= 4 is 17.3 Å². The van der Waals surface area contributed by atoms with Crippen LogP contribution >= 0.6 is 11.3 Å². The van der Waals surface area contributed by atoms with Crippen molar-refractivity contribution in [2.24, 2.45) is 10.7 Å². The predicted octanol–water partition coefficient (Wildman–Crippen LogP) is 2.69. The van der Waals surface area contributed by atoms with Crippen LogP contribution in [0.1, 0.15) is 49.4 Å². The van der Waals surface area contributed by atoms with Crippen LogP contribution in [0.25, 0.3) is 0 Å². The number of rotatable bonds is 8. The quantitative estimate of drug-likeness (QED) is 0.433. The minimum atomic E-state index is 0.528. The number of nitrogens with zero attached hydrogens (tertiary/aromatic N) is 2. The van der Waals surface area contributed by atoms with Gasteiger partial charge in [0, 0.05) is 17.6 Å². The molecule has 1 aromatic rings. The number of guanidine groups is 1. The van der Waals surface area contributed by atoms with Crippen molar-refractivity contribution in [2.45, 2.75) is 52.5 Å². The Kier molecular flexibility index (Phi) is 7.41. The van der Waals surface area contributed by atoms with E-state index in [0.717, 1.165) is 24.4 Å². The van der Waals surface area contributed by atoms with Crippen molar-refractivity contribution in [3.05, 3.63) is 16.1 Å². The molecule has 102 valence electrons. The Labute approximate surface area is 114 Å². The molecule has 18 heavy (non-hydrogen) atoms. The van der Waals surface area contributed by atoms with Crippen LogP contribution in [0, 0.1) is 0 Å². The van der Waals surface area contributed by atoms with Gasteiger partial charge in [0.25, 0.3) is 0 Å². The maximum absolute atomic E-state index is 5.79. The van der Waals surface area contributed by atoms with Gasteiger partial charge in [-0.3, -0.25) is 0 Å². The second-order valence-corrected chi connectivity index (χ2v) is 5.46. The highest BCUT2D eigenvalue weighted by Crippen LogP contribution is 2.13. The van der Waals surface area contributed by atoms with Crippen molar-refractivity contribution < 1.29 is 0 Å². The third-order valence-electron chi connectivity index (χ3n) is 2.67. The number of nitrogens with one attached hydrogen (secondary N) is 1. The fraction of sp³-hybridized carbons (Fsp3) is 0.692. The summed E-state index contributed by atoms with van der Waals surface area (Å²) in [5.41, 5.74) is 5.79. The van der Waals surface area contributed by atoms with E-state index in [1.54, 1.807) is 11.3 Å². The van der Waals surface area contributed by atoms with Crippen molar-refractivity contribution in [2.75, 3.05) is 6.54 Å². The molecule has 0 aliphatic heterocycles. The Morgan fingerprint density at radius 2 is 2.22 bits per heavy atom. The van der Waals surface area contributed by atoms with Gasteiger partial charge >= 0.3 is 0 Å². The van der Waals surface area contributed by atoms with Gasteiger partial charge in [-0.05, 0) is 12.8 Å². The minimum Gasteiger partial charge on any atom is -0.370 e. The zero-order valence-electron chi connectivity index (χ0n) is 11.4. The van der Waals surface area contributed by atoms with Crippen LogP contribution in [0.3, 0.4) is 0 Å². The highest BCUT2D eigenvalue weighted by atomic mass is 32.1. The average Bonchev–Trinajstić information content (AvgIpc) is 2.84. The standard InChI is InChI=1S/C13H24N4S/c1-3-5-6-7-8-15-13(14)17-10-12-16-9-11(4-2)18-12/h9H,3-8,10H2,1-2H3,(H3,14,15,17). The van der Waals surface area contributed by atoms with Gasteiger partial charge in [-0.2, -0.15) is 0 Å². The van der Waals surface area contributed by atoms with E-state index in [0.29, 0.717) is 12.5 Å².